The maximum Gasteiger partial charge on any atom is 0.185 e. The molecule has 2 aliphatic heterocycles. The summed E-state index contributed by atoms with van der Waals surface area (Å²) in [7, 11) is 1.75. The maximum absolute atomic E-state index is 5.93. The van der Waals surface area contributed by atoms with E-state index in [2.05, 4.69) is 4.98 Å². The molecule has 0 saturated carbocycles. The van der Waals surface area contributed by atoms with Gasteiger partial charge in [0.15, 0.2) is 5.72 Å². The maximum atomic E-state index is 5.93. The van der Waals surface area contributed by atoms with Crippen LogP contribution in [0.15, 0.2) is 23.3 Å². The number of aromatic amines is 1. The van der Waals surface area contributed by atoms with Gasteiger partial charge in [-0.25, -0.2) is 0 Å². The number of hydrogen-bond donors (Lipinski definition) is 1. The summed E-state index contributed by atoms with van der Waals surface area (Å²) in [6.45, 7) is 0.793. The molecular weight excluding hydrogens is 216 g/mol. The van der Waals surface area contributed by atoms with Gasteiger partial charge in [-0.3, -0.25) is 4.99 Å². The van der Waals surface area contributed by atoms with E-state index in [4.69, 9.17) is 14.5 Å². The van der Waals surface area contributed by atoms with Crippen LogP contribution in [0.2, 0.25) is 0 Å². The Labute approximate surface area is 101 Å². The number of hydrogen-bond acceptors (Lipinski definition) is 3. The van der Waals surface area contributed by atoms with Crippen LogP contribution >= 0.6 is 0 Å². The highest BCUT2D eigenvalue weighted by Gasteiger charge is 2.46. The summed E-state index contributed by atoms with van der Waals surface area (Å²) < 4.78 is 11.5. The van der Waals surface area contributed by atoms with Gasteiger partial charge in [0.2, 0.25) is 0 Å². The lowest BCUT2D eigenvalue weighted by atomic mass is 9.97. The standard InChI is InChI=1S/C13H18N2O2/c1-16-12-9-11(10-5-4-7-14-10)15-13(12)6-2-3-8-17-13/h4-5,7,12,14H,2-3,6,8-9H2,1H3/t12-,13+/m1/s1. The van der Waals surface area contributed by atoms with Crippen molar-refractivity contribution in [3.8, 4) is 0 Å². The van der Waals surface area contributed by atoms with Gasteiger partial charge >= 0.3 is 0 Å². The van der Waals surface area contributed by atoms with Crippen LogP contribution in [0.3, 0.4) is 0 Å². The van der Waals surface area contributed by atoms with Crippen LogP contribution in [0.1, 0.15) is 31.4 Å². The number of rotatable bonds is 2. The molecule has 0 aromatic carbocycles. The van der Waals surface area contributed by atoms with Crippen LogP contribution in [0.5, 0.6) is 0 Å². The van der Waals surface area contributed by atoms with Crippen molar-refractivity contribution in [2.75, 3.05) is 13.7 Å². The smallest absolute Gasteiger partial charge is 0.185 e. The van der Waals surface area contributed by atoms with Crippen molar-refractivity contribution in [1.82, 2.24) is 4.98 Å². The Morgan fingerprint density at radius 2 is 2.47 bits per heavy atom. The molecular formula is C13H18N2O2. The van der Waals surface area contributed by atoms with Crippen molar-refractivity contribution in [3.63, 3.8) is 0 Å². The molecule has 1 N–H and O–H groups in total. The van der Waals surface area contributed by atoms with Gasteiger partial charge in [-0.05, 0) is 31.4 Å². The molecule has 17 heavy (non-hydrogen) atoms. The molecule has 0 unspecified atom stereocenters. The molecule has 1 fully saturated rings. The van der Waals surface area contributed by atoms with Gasteiger partial charge < -0.3 is 14.5 Å². The zero-order valence-electron chi connectivity index (χ0n) is 10.1. The number of methoxy groups -OCH3 is 1. The minimum Gasteiger partial charge on any atom is -0.376 e. The highest BCUT2D eigenvalue weighted by molar-refractivity contribution is 6.01. The highest BCUT2D eigenvalue weighted by atomic mass is 16.6. The molecule has 0 radical (unpaired) electrons. The zero-order valence-corrected chi connectivity index (χ0v) is 10.1. The van der Waals surface area contributed by atoms with Gasteiger partial charge in [0, 0.05) is 26.3 Å². The second kappa shape index (κ2) is 4.27. The minimum absolute atomic E-state index is 0.0566. The fraction of sp³-hybridized carbons (Fsp3) is 0.615. The summed E-state index contributed by atoms with van der Waals surface area (Å²) in [6.07, 6.45) is 6.08. The average Bonchev–Trinajstić information content (AvgIpc) is 2.98. The summed E-state index contributed by atoms with van der Waals surface area (Å²) in [5.41, 5.74) is 1.73. The van der Waals surface area contributed by atoms with E-state index in [9.17, 15) is 0 Å². The highest BCUT2D eigenvalue weighted by Crippen LogP contribution is 2.38. The Bertz CT molecular complexity index is 405. The van der Waals surface area contributed by atoms with Crippen molar-refractivity contribution in [1.29, 1.82) is 0 Å². The van der Waals surface area contributed by atoms with Gasteiger partial charge in [-0.15, -0.1) is 0 Å². The molecule has 3 heterocycles. The summed E-state index contributed by atoms with van der Waals surface area (Å²) >= 11 is 0. The topological polar surface area (TPSA) is 46.6 Å². The van der Waals surface area contributed by atoms with E-state index in [1.807, 2.05) is 18.3 Å². The Morgan fingerprint density at radius 3 is 3.12 bits per heavy atom. The molecule has 2 atom stereocenters. The monoisotopic (exact) mass is 234 g/mol. The van der Waals surface area contributed by atoms with E-state index < -0.39 is 5.72 Å². The second-order valence-corrected chi connectivity index (χ2v) is 4.72. The van der Waals surface area contributed by atoms with E-state index in [-0.39, 0.29) is 6.10 Å². The molecule has 1 saturated heterocycles. The molecule has 3 rings (SSSR count). The lowest BCUT2D eigenvalue weighted by Crippen LogP contribution is -2.43. The quantitative estimate of drug-likeness (QED) is 0.852. The van der Waals surface area contributed by atoms with E-state index in [0.717, 1.165) is 37.3 Å². The van der Waals surface area contributed by atoms with Gasteiger partial charge in [-0.2, -0.15) is 0 Å². The Kier molecular flexibility index (Phi) is 2.76. The largest absolute Gasteiger partial charge is 0.376 e. The summed E-state index contributed by atoms with van der Waals surface area (Å²) in [4.78, 5) is 8.02. The second-order valence-electron chi connectivity index (χ2n) is 4.72. The molecule has 0 aliphatic carbocycles. The van der Waals surface area contributed by atoms with Gasteiger partial charge in [-0.1, -0.05) is 0 Å². The van der Waals surface area contributed by atoms with Crippen molar-refractivity contribution in [2.45, 2.75) is 37.5 Å². The first-order chi connectivity index (χ1) is 8.34. The van der Waals surface area contributed by atoms with E-state index in [1.54, 1.807) is 7.11 Å². The number of nitrogens with one attached hydrogen (secondary N) is 1. The number of aromatic nitrogens is 1. The summed E-state index contributed by atoms with van der Waals surface area (Å²) in [5, 5.41) is 0. The first-order valence-corrected chi connectivity index (χ1v) is 6.23. The average molecular weight is 234 g/mol. The third-order valence-electron chi connectivity index (χ3n) is 3.68. The SMILES string of the molecule is CO[C@@H]1CC(c2ccc[nH]2)=N[C@]12CCCCO2. The molecule has 4 nitrogen and oxygen atoms in total. The van der Waals surface area contributed by atoms with Crippen molar-refractivity contribution in [2.24, 2.45) is 4.99 Å². The molecule has 4 heteroatoms. The van der Waals surface area contributed by atoms with E-state index in [0.29, 0.717) is 0 Å². The molecule has 2 aliphatic rings. The molecule has 1 aromatic heterocycles. The van der Waals surface area contributed by atoms with Crippen molar-refractivity contribution >= 4 is 5.71 Å². The number of H-pyrrole nitrogens is 1. The van der Waals surface area contributed by atoms with Crippen molar-refractivity contribution in [3.05, 3.63) is 24.0 Å². The third kappa shape index (κ3) is 1.81. The molecule has 1 aromatic rings. The van der Waals surface area contributed by atoms with Gasteiger partial charge in [0.25, 0.3) is 0 Å². The van der Waals surface area contributed by atoms with Crippen LogP contribution in [-0.4, -0.2) is 36.2 Å². The van der Waals surface area contributed by atoms with Crippen molar-refractivity contribution < 1.29 is 9.47 Å². The lowest BCUT2D eigenvalue weighted by Gasteiger charge is -2.35. The van der Waals surface area contributed by atoms with Gasteiger partial charge in [0.1, 0.15) is 6.10 Å². The first-order valence-electron chi connectivity index (χ1n) is 6.23. The third-order valence-corrected chi connectivity index (χ3v) is 3.68. The molecule has 1 spiro atoms. The Balaban J connectivity index is 1.91. The van der Waals surface area contributed by atoms with Crippen LogP contribution < -0.4 is 0 Å². The normalized spacial score (nSPS) is 33.0. The first kappa shape index (κ1) is 11.0. The molecule has 0 bridgehead atoms. The number of nitrogens with zero attached hydrogens (tertiary/aromatic N) is 1. The minimum atomic E-state index is -0.423. The number of aliphatic imine (C=N–C) groups is 1. The fourth-order valence-corrected chi connectivity index (χ4v) is 2.77. The van der Waals surface area contributed by atoms with Crippen LogP contribution in [0.4, 0.5) is 0 Å². The Hall–Kier alpha value is -1.13. The van der Waals surface area contributed by atoms with Gasteiger partial charge in [0.05, 0.1) is 11.4 Å². The lowest BCUT2D eigenvalue weighted by molar-refractivity contribution is -0.142. The zero-order chi connectivity index (χ0) is 11.7. The van der Waals surface area contributed by atoms with Crippen LogP contribution in [0.25, 0.3) is 0 Å². The van der Waals surface area contributed by atoms with Crippen LogP contribution in [-0.2, 0) is 9.47 Å². The fourth-order valence-electron chi connectivity index (χ4n) is 2.77. The Morgan fingerprint density at radius 1 is 1.53 bits per heavy atom. The summed E-state index contributed by atoms with van der Waals surface area (Å²) in [5.74, 6) is 0. The van der Waals surface area contributed by atoms with E-state index >= 15 is 0 Å². The molecule has 92 valence electrons. The predicted octanol–water partition coefficient (Wildman–Crippen LogP) is 2.12. The van der Waals surface area contributed by atoms with E-state index in [1.165, 1.54) is 6.42 Å². The molecule has 0 amide bonds. The summed E-state index contributed by atoms with van der Waals surface area (Å²) in [6, 6.07) is 4.04. The number of ether oxygens (including phenoxy) is 2. The predicted molar refractivity (Wildman–Crippen MR) is 65.3 cm³/mol. The van der Waals surface area contributed by atoms with Crippen LogP contribution in [0, 0.1) is 0 Å².